The minimum absolute atomic E-state index is 0.326. The van der Waals surface area contributed by atoms with E-state index in [0.29, 0.717) is 17.9 Å². The molecule has 0 aliphatic carbocycles. The van der Waals surface area contributed by atoms with Gasteiger partial charge in [0.25, 0.3) is 5.91 Å². The Morgan fingerprint density at radius 1 is 1.00 bits per heavy atom. The van der Waals surface area contributed by atoms with E-state index in [-0.39, 0.29) is 0 Å². The van der Waals surface area contributed by atoms with Crippen molar-refractivity contribution in [1.82, 2.24) is 19.8 Å². The van der Waals surface area contributed by atoms with Crippen LogP contribution in [0, 0.1) is 0 Å². The number of fused-ring (bicyclic) bond motifs is 3. The monoisotopic (exact) mass is 450 g/mol. The lowest BCUT2D eigenvalue weighted by molar-refractivity contribution is 0.0326. The molecule has 0 spiro atoms. The summed E-state index contributed by atoms with van der Waals surface area (Å²) in [6.07, 6.45) is 0.928. The number of ether oxygens (including phenoxy) is 1. The van der Waals surface area contributed by atoms with Crippen LogP contribution in [0.1, 0.15) is 27.2 Å². The smallest absolute Gasteiger partial charge is 0.274 e. The van der Waals surface area contributed by atoms with E-state index in [2.05, 4.69) is 20.4 Å². The van der Waals surface area contributed by atoms with Gasteiger partial charge in [-0.05, 0) is 35.4 Å². The zero-order valence-corrected chi connectivity index (χ0v) is 18.7. The highest BCUT2D eigenvalue weighted by molar-refractivity contribution is 5.93. The predicted molar refractivity (Wildman–Crippen MR) is 125 cm³/mol. The van der Waals surface area contributed by atoms with Gasteiger partial charge in [0.15, 0.2) is 0 Å². The molecule has 0 radical (unpaired) electrons. The topological polar surface area (TPSA) is 90.2 Å². The molecule has 3 aromatic rings. The van der Waals surface area contributed by atoms with Crippen molar-refractivity contribution in [3.63, 3.8) is 0 Å². The molecule has 3 N–H and O–H groups in total. The maximum Gasteiger partial charge on any atom is 0.274 e. The van der Waals surface area contributed by atoms with Gasteiger partial charge in [0.2, 0.25) is 0 Å². The Hall–Kier alpha value is -2.91. The van der Waals surface area contributed by atoms with E-state index in [1.165, 1.54) is 11.3 Å². The number of carbonyl (C=O) groups excluding carboxylic acids is 1. The first-order chi connectivity index (χ1) is 16.1. The number of aromatic hydroxyl groups is 1. The Bertz CT molecular complexity index is 1140. The van der Waals surface area contributed by atoms with Gasteiger partial charge < -0.3 is 14.4 Å². The Morgan fingerprint density at radius 2 is 1.76 bits per heavy atom. The quantitative estimate of drug-likeness (QED) is 0.394. The van der Waals surface area contributed by atoms with Crippen molar-refractivity contribution >= 4 is 16.8 Å². The van der Waals surface area contributed by atoms with Gasteiger partial charge in [-0.1, -0.05) is 18.2 Å². The number of hydrogen-bond acceptors (Lipinski definition) is 6. The van der Waals surface area contributed by atoms with Gasteiger partial charge in [-0.3, -0.25) is 19.8 Å². The SMILES string of the molecule is O=C(NO)c1ccc(Cn2c3c(c4c(O)cccc42)CN(CCN2CCOCC2)CC3)cc1. The second kappa shape index (κ2) is 9.52. The number of benzene rings is 2. The minimum Gasteiger partial charge on any atom is -0.507 e. The van der Waals surface area contributed by atoms with Crippen LogP contribution < -0.4 is 5.48 Å². The number of hydrogen-bond donors (Lipinski definition) is 3. The molecule has 0 unspecified atom stereocenters. The first kappa shape index (κ1) is 21.9. The lowest BCUT2D eigenvalue weighted by atomic mass is 10.0. The average molecular weight is 451 g/mol. The fourth-order valence-electron chi connectivity index (χ4n) is 5.03. The highest BCUT2D eigenvalue weighted by atomic mass is 16.5. The molecule has 8 nitrogen and oxygen atoms in total. The summed E-state index contributed by atoms with van der Waals surface area (Å²) in [5.74, 6) is -0.195. The molecular weight excluding hydrogens is 420 g/mol. The molecule has 1 aromatic heterocycles. The molecule has 3 heterocycles. The van der Waals surface area contributed by atoms with E-state index < -0.39 is 5.91 Å². The summed E-state index contributed by atoms with van der Waals surface area (Å²) in [4.78, 5) is 16.6. The zero-order valence-electron chi connectivity index (χ0n) is 18.7. The van der Waals surface area contributed by atoms with Gasteiger partial charge in [-0.25, -0.2) is 5.48 Å². The molecule has 0 atom stereocenters. The zero-order chi connectivity index (χ0) is 22.8. The van der Waals surface area contributed by atoms with E-state index in [4.69, 9.17) is 9.94 Å². The van der Waals surface area contributed by atoms with Crippen molar-refractivity contribution in [1.29, 1.82) is 0 Å². The maximum atomic E-state index is 11.6. The normalized spacial score (nSPS) is 17.2. The summed E-state index contributed by atoms with van der Waals surface area (Å²) in [7, 11) is 0. The van der Waals surface area contributed by atoms with Gasteiger partial charge in [-0.15, -0.1) is 0 Å². The lowest BCUT2D eigenvalue weighted by Gasteiger charge is -2.32. The highest BCUT2D eigenvalue weighted by Gasteiger charge is 2.26. The average Bonchev–Trinajstić information content (AvgIpc) is 3.17. The molecule has 2 aliphatic rings. The van der Waals surface area contributed by atoms with E-state index in [0.717, 1.165) is 75.4 Å². The van der Waals surface area contributed by atoms with Crippen LogP contribution in [0.25, 0.3) is 10.9 Å². The number of phenolic OH excluding ortho intramolecular Hbond substituents is 1. The molecule has 0 bridgehead atoms. The standard InChI is InChI=1S/C25H30N4O4/c30-23-3-1-2-22-24(23)20-17-28(11-10-27-12-14-33-15-13-27)9-8-21(20)29(22)16-18-4-6-19(7-5-18)25(31)26-32/h1-7,30,32H,8-17H2,(H,26,31). The minimum atomic E-state index is -0.521. The third-order valence-corrected chi connectivity index (χ3v) is 6.83. The molecule has 5 rings (SSSR count). The molecule has 2 aromatic carbocycles. The summed E-state index contributed by atoms with van der Waals surface area (Å²) in [6, 6.07) is 13.0. The number of rotatable bonds is 6. The van der Waals surface area contributed by atoms with Crippen LogP contribution >= 0.6 is 0 Å². The predicted octanol–water partition coefficient (Wildman–Crippen LogP) is 2.20. The summed E-state index contributed by atoms with van der Waals surface area (Å²) >= 11 is 0. The first-order valence-electron chi connectivity index (χ1n) is 11.5. The van der Waals surface area contributed by atoms with E-state index >= 15 is 0 Å². The molecule has 0 saturated carbocycles. The number of morpholine rings is 1. The summed E-state index contributed by atoms with van der Waals surface area (Å²) < 4.78 is 7.75. The van der Waals surface area contributed by atoms with Crippen LogP contribution in [-0.4, -0.2) is 76.5 Å². The number of phenols is 1. The Morgan fingerprint density at radius 3 is 2.52 bits per heavy atom. The molecule has 2 aliphatic heterocycles. The highest BCUT2D eigenvalue weighted by Crippen LogP contribution is 2.36. The van der Waals surface area contributed by atoms with Crippen molar-refractivity contribution in [2.45, 2.75) is 19.5 Å². The molecule has 1 amide bonds. The van der Waals surface area contributed by atoms with Crippen molar-refractivity contribution in [3.8, 4) is 5.75 Å². The largest absolute Gasteiger partial charge is 0.507 e. The molecule has 174 valence electrons. The Labute approximate surface area is 192 Å². The van der Waals surface area contributed by atoms with Gasteiger partial charge >= 0.3 is 0 Å². The summed E-state index contributed by atoms with van der Waals surface area (Å²) in [5, 5.41) is 20.5. The fourth-order valence-corrected chi connectivity index (χ4v) is 5.03. The van der Waals surface area contributed by atoms with E-state index in [9.17, 15) is 9.90 Å². The third-order valence-electron chi connectivity index (χ3n) is 6.83. The molecule has 33 heavy (non-hydrogen) atoms. The van der Waals surface area contributed by atoms with Gasteiger partial charge in [0.1, 0.15) is 5.75 Å². The van der Waals surface area contributed by atoms with Gasteiger partial charge in [0, 0.05) is 68.9 Å². The number of aromatic nitrogens is 1. The Balaban J connectivity index is 1.39. The second-order valence-electron chi connectivity index (χ2n) is 8.80. The van der Waals surface area contributed by atoms with E-state index in [1.807, 2.05) is 18.2 Å². The second-order valence-corrected chi connectivity index (χ2v) is 8.80. The first-order valence-corrected chi connectivity index (χ1v) is 11.5. The lowest BCUT2D eigenvalue weighted by Crippen LogP contribution is -2.42. The maximum absolute atomic E-state index is 11.6. The number of nitrogens with one attached hydrogen (secondary N) is 1. The van der Waals surface area contributed by atoms with Crippen molar-refractivity contribution in [2.24, 2.45) is 0 Å². The molecule has 1 saturated heterocycles. The molecule has 1 fully saturated rings. The molecule has 8 heteroatoms. The van der Waals surface area contributed by atoms with E-state index in [1.54, 1.807) is 23.7 Å². The van der Waals surface area contributed by atoms with Crippen LogP contribution in [0.3, 0.4) is 0 Å². The summed E-state index contributed by atoms with van der Waals surface area (Å²) in [5.41, 5.74) is 6.66. The number of nitrogens with zero attached hydrogens (tertiary/aromatic N) is 3. The van der Waals surface area contributed by atoms with Crippen LogP contribution in [0.15, 0.2) is 42.5 Å². The van der Waals surface area contributed by atoms with Crippen molar-refractivity contribution in [3.05, 3.63) is 64.8 Å². The van der Waals surface area contributed by atoms with Crippen LogP contribution in [0.5, 0.6) is 5.75 Å². The fraction of sp³-hybridized carbons (Fsp3) is 0.400. The number of hydroxylamine groups is 1. The van der Waals surface area contributed by atoms with Crippen LogP contribution in [-0.2, 0) is 24.2 Å². The summed E-state index contributed by atoms with van der Waals surface area (Å²) in [6.45, 7) is 8.15. The van der Waals surface area contributed by atoms with Gasteiger partial charge in [0.05, 0.1) is 18.7 Å². The van der Waals surface area contributed by atoms with Crippen molar-refractivity contribution in [2.75, 3.05) is 45.9 Å². The number of amides is 1. The van der Waals surface area contributed by atoms with Crippen LogP contribution in [0.4, 0.5) is 0 Å². The number of carbonyl (C=O) groups is 1. The Kier molecular flexibility index (Phi) is 6.32. The third kappa shape index (κ3) is 4.47. The van der Waals surface area contributed by atoms with Crippen molar-refractivity contribution < 1.29 is 19.8 Å². The van der Waals surface area contributed by atoms with Gasteiger partial charge in [-0.2, -0.15) is 0 Å². The molecular formula is C25H30N4O4. The van der Waals surface area contributed by atoms with Crippen LogP contribution in [0.2, 0.25) is 0 Å².